The zero-order chi connectivity index (χ0) is 15.8. The van der Waals surface area contributed by atoms with Gasteiger partial charge in [-0.05, 0) is 6.42 Å². The summed E-state index contributed by atoms with van der Waals surface area (Å²) in [5, 5.41) is 8.61. The summed E-state index contributed by atoms with van der Waals surface area (Å²) in [7, 11) is 0. The smallest absolute Gasteiger partial charge is 0.304 e. The summed E-state index contributed by atoms with van der Waals surface area (Å²) in [5.41, 5.74) is 5.73. The molecule has 0 amide bonds. The van der Waals surface area contributed by atoms with Crippen LogP contribution in [0.4, 0.5) is 0 Å². The maximum Gasteiger partial charge on any atom is 0.304 e. The molecule has 21 heavy (non-hydrogen) atoms. The number of unbranched alkanes of at least 4 members (excludes halogenated alkanes) is 12. The fourth-order valence-electron chi connectivity index (χ4n) is 2.75. The van der Waals surface area contributed by atoms with E-state index < -0.39 is 5.97 Å². The summed E-state index contributed by atoms with van der Waals surface area (Å²) >= 11 is 0. The van der Waals surface area contributed by atoms with Crippen molar-refractivity contribution in [2.75, 3.05) is 0 Å². The lowest BCUT2D eigenvalue weighted by Gasteiger charge is -2.08. The standard InChI is InChI=1S/C18H37NO2/c1-2-3-4-5-6-7-8-9-10-11-12-13-14-15-17(19)16-18(20)21/h17H,2-16,19H2,1H3,(H,20,21). The van der Waals surface area contributed by atoms with Gasteiger partial charge in [0.2, 0.25) is 0 Å². The first-order valence-electron chi connectivity index (χ1n) is 9.14. The molecule has 0 aromatic rings. The van der Waals surface area contributed by atoms with Gasteiger partial charge in [0.1, 0.15) is 0 Å². The van der Waals surface area contributed by atoms with Crippen LogP contribution in [0, 0.1) is 0 Å². The Hall–Kier alpha value is -0.570. The third kappa shape index (κ3) is 17.4. The van der Waals surface area contributed by atoms with Crippen molar-refractivity contribution >= 4 is 5.97 Å². The van der Waals surface area contributed by atoms with Crippen LogP contribution in [0.2, 0.25) is 0 Å². The Morgan fingerprint density at radius 1 is 0.810 bits per heavy atom. The molecule has 3 heteroatoms. The van der Waals surface area contributed by atoms with Crippen LogP contribution in [0.5, 0.6) is 0 Å². The van der Waals surface area contributed by atoms with E-state index in [1.165, 1.54) is 77.0 Å². The van der Waals surface area contributed by atoms with Gasteiger partial charge in [0.25, 0.3) is 0 Å². The average Bonchev–Trinajstić information content (AvgIpc) is 2.43. The molecule has 0 fully saturated rings. The molecule has 3 N–H and O–H groups in total. The molecule has 3 nitrogen and oxygen atoms in total. The van der Waals surface area contributed by atoms with Gasteiger partial charge in [-0.2, -0.15) is 0 Å². The Morgan fingerprint density at radius 2 is 1.19 bits per heavy atom. The molecule has 0 saturated heterocycles. The third-order valence-corrected chi connectivity index (χ3v) is 4.12. The second-order valence-electron chi connectivity index (χ2n) is 6.39. The van der Waals surface area contributed by atoms with Crippen molar-refractivity contribution in [1.29, 1.82) is 0 Å². The lowest BCUT2D eigenvalue weighted by Crippen LogP contribution is -2.23. The summed E-state index contributed by atoms with van der Waals surface area (Å²) in [6.45, 7) is 2.26. The van der Waals surface area contributed by atoms with Crippen molar-refractivity contribution in [1.82, 2.24) is 0 Å². The molecule has 0 bridgehead atoms. The number of carbonyl (C=O) groups is 1. The Labute approximate surface area is 131 Å². The molecule has 0 radical (unpaired) electrons. The van der Waals surface area contributed by atoms with Gasteiger partial charge in [-0.25, -0.2) is 0 Å². The fourth-order valence-corrected chi connectivity index (χ4v) is 2.75. The summed E-state index contributed by atoms with van der Waals surface area (Å²) in [4.78, 5) is 10.5. The minimum atomic E-state index is -0.780. The van der Waals surface area contributed by atoms with Crippen LogP contribution in [0.3, 0.4) is 0 Å². The maximum atomic E-state index is 10.5. The Bertz CT molecular complexity index is 231. The number of hydrogen-bond donors (Lipinski definition) is 2. The summed E-state index contributed by atoms with van der Waals surface area (Å²) in [6, 6.07) is -0.157. The van der Waals surface area contributed by atoms with Crippen molar-refractivity contribution in [2.24, 2.45) is 5.73 Å². The molecule has 0 aliphatic heterocycles. The summed E-state index contributed by atoms with van der Waals surface area (Å²) < 4.78 is 0. The number of carboxylic acid groups (broad SMARTS) is 1. The van der Waals surface area contributed by atoms with E-state index in [-0.39, 0.29) is 12.5 Å². The van der Waals surface area contributed by atoms with Crippen LogP contribution in [0.25, 0.3) is 0 Å². The SMILES string of the molecule is CCCCCCCCCCCCCCCC(N)CC(=O)O. The van der Waals surface area contributed by atoms with Gasteiger partial charge in [-0.3, -0.25) is 4.79 Å². The third-order valence-electron chi connectivity index (χ3n) is 4.12. The van der Waals surface area contributed by atoms with Crippen LogP contribution >= 0.6 is 0 Å². The van der Waals surface area contributed by atoms with Gasteiger partial charge in [-0.15, -0.1) is 0 Å². The second-order valence-corrected chi connectivity index (χ2v) is 6.39. The molecule has 0 aliphatic carbocycles. The van der Waals surface area contributed by atoms with E-state index in [2.05, 4.69) is 6.92 Å². The van der Waals surface area contributed by atoms with Crippen molar-refractivity contribution in [3.8, 4) is 0 Å². The Morgan fingerprint density at radius 3 is 1.57 bits per heavy atom. The number of hydrogen-bond acceptors (Lipinski definition) is 2. The summed E-state index contributed by atoms with van der Waals surface area (Å²) in [5.74, 6) is -0.780. The topological polar surface area (TPSA) is 63.3 Å². The van der Waals surface area contributed by atoms with Crippen molar-refractivity contribution < 1.29 is 9.90 Å². The van der Waals surface area contributed by atoms with Gasteiger partial charge in [0.05, 0.1) is 6.42 Å². The largest absolute Gasteiger partial charge is 0.481 e. The number of aliphatic carboxylic acids is 1. The minimum Gasteiger partial charge on any atom is -0.481 e. The Kier molecular flexibility index (Phi) is 15.4. The normalized spacial score (nSPS) is 12.5. The molecule has 126 valence electrons. The molecule has 0 aromatic carbocycles. The van der Waals surface area contributed by atoms with Crippen LogP contribution in [-0.4, -0.2) is 17.1 Å². The average molecular weight is 299 g/mol. The van der Waals surface area contributed by atoms with Crippen molar-refractivity contribution in [2.45, 2.75) is 109 Å². The van der Waals surface area contributed by atoms with E-state index in [4.69, 9.17) is 10.8 Å². The van der Waals surface area contributed by atoms with E-state index in [9.17, 15) is 4.79 Å². The van der Waals surface area contributed by atoms with Gasteiger partial charge < -0.3 is 10.8 Å². The quantitative estimate of drug-likeness (QED) is 0.382. The highest BCUT2D eigenvalue weighted by molar-refractivity contribution is 5.67. The molecular formula is C18H37NO2. The summed E-state index contributed by atoms with van der Waals surface area (Å²) in [6.07, 6.45) is 18.4. The number of nitrogens with two attached hydrogens (primary N) is 1. The van der Waals surface area contributed by atoms with E-state index in [0.717, 1.165) is 12.8 Å². The van der Waals surface area contributed by atoms with E-state index in [1.54, 1.807) is 0 Å². The fraction of sp³-hybridized carbons (Fsp3) is 0.944. The zero-order valence-corrected chi connectivity index (χ0v) is 14.1. The van der Waals surface area contributed by atoms with Gasteiger partial charge in [0.15, 0.2) is 0 Å². The highest BCUT2D eigenvalue weighted by atomic mass is 16.4. The van der Waals surface area contributed by atoms with E-state index in [1.807, 2.05) is 0 Å². The molecule has 0 aliphatic rings. The first-order chi connectivity index (χ1) is 10.2. The van der Waals surface area contributed by atoms with Crippen LogP contribution in [-0.2, 0) is 4.79 Å². The van der Waals surface area contributed by atoms with E-state index >= 15 is 0 Å². The van der Waals surface area contributed by atoms with Gasteiger partial charge in [-0.1, -0.05) is 90.4 Å². The van der Waals surface area contributed by atoms with Crippen LogP contribution < -0.4 is 5.73 Å². The first-order valence-corrected chi connectivity index (χ1v) is 9.14. The highest BCUT2D eigenvalue weighted by Gasteiger charge is 2.06. The zero-order valence-electron chi connectivity index (χ0n) is 14.1. The molecule has 1 atom stereocenters. The molecular weight excluding hydrogens is 262 g/mol. The predicted octanol–water partition coefficient (Wildman–Crippen LogP) is 5.27. The van der Waals surface area contributed by atoms with Gasteiger partial charge in [0, 0.05) is 6.04 Å². The first kappa shape index (κ1) is 20.4. The molecule has 0 spiro atoms. The lowest BCUT2D eigenvalue weighted by atomic mass is 10.0. The predicted molar refractivity (Wildman–Crippen MR) is 90.5 cm³/mol. The number of carboxylic acids is 1. The monoisotopic (exact) mass is 299 g/mol. The highest BCUT2D eigenvalue weighted by Crippen LogP contribution is 2.13. The molecule has 0 aromatic heterocycles. The number of rotatable bonds is 16. The van der Waals surface area contributed by atoms with Crippen molar-refractivity contribution in [3.63, 3.8) is 0 Å². The van der Waals surface area contributed by atoms with Crippen molar-refractivity contribution in [3.05, 3.63) is 0 Å². The Balaban J connectivity index is 3.07. The molecule has 0 heterocycles. The lowest BCUT2D eigenvalue weighted by molar-refractivity contribution is -0.137. The maximum absolute atomic E-state index is 10.5. The molecule has 0 saturated carbocycles. The second kappa shape index (κ2) is 15.8. The molecule has 1 unspecified atom stereocenters. The molecule has 0 rings (SSSR count). The van der Waals surface area contributed by atoms with E-state index in [0.29, 0.717) is 0 Å². The van der Waals surface area contributed by atoms with Gasteiger partial charge >= 0.3 is 5.97 Å². The van der Waals surface area contributed by atoms with Crippen LogP contribution in [0.1, 0.15) is 103 Å². The van der Waals surface area contributed by atoms with Crippen LogP contribution in [0.15, 0.2) is 0 Å². The minimum absolute atomic E-state index is 0.109.